The fraction of sp³-hybridized carbons (Fsp3) is 0.0769. The smallest absolute Gasteiger partial charge is 0.236 e. The van der Waals surface area contributed by atoms with Crippen molar-refractivity contribution in [3.8, 4) is 10.8 Å². The molecule has 0 aliphatic rings. The number of anilines is 1. The van der Waals surface area contributed by atoms with Crippen molar-refractivity contribution in [1.82, 2.24) is 9.97 Å². The molecule has 3 rings (SSSR count). The fourth-order valence-corrected chi connectivity index (χ4v) is 2.64. The highest BCUT2D eigenvalue weighted by Gasteiger charge is 2.08. The van der Waals surface area contributed by atoms with Gasteiger partial charge in [0.25, 0.3) is 0 Å². The minimum atomic E-state index is 0.574. The highest BCUT2D eigenvalue weighted by atomic mass is 79.9. The summed E-state index contributed by atoms with van der Waals surface area (Å²) in [6, 6.07) is 7.78. The Hall–Kier alpha value is -1.66. The fourth-order valence-electron chi connectivity index (χ4n) is 1.59. The molecule has 0 atom stereocenters. The van der Waals surface area contributed by atoms with Crippen LogP contribution < -0.4 is 5.32 Å². The Morgan fingerprint density at radius 2 is 2.26 bits per heavy atom. The first-order valence-electron chi connectivity index (χ1n) is 5.65. The topological polar surface area (TPSA) is 51.0 Å². The quantitative estimate of drug-likeness (QED) is 0.777. The third kappa shape index (κ3) is 2.85. The minimum Gasteiger partial charge on any atom is -0.443 e. The van der Waals surface area contributed by atoms with Crippen LogP contribution in [0.5, 0.6) is 0 Å². The summed E-state index contributed by atoms with van der Waals surface area (Å²) >= 11 is 5.05. The molecule has 6 heteroatoms. The molecule has 3 aromatic rings. The van der Waals surface area contributed by atoms with Crippen LogP contribution in [0.3, 0.4) is 0 Å². The molecule has 3 aromatic heterocycles. The second-order valence-electron chi connectivity index (χ2n) is 3.81. The number of hydrogen-bond donors (Lipinski definition) is 1. The van der Waals surface area contributed by atoms with Crippen LogP contribution in [0.4, 0.5) is 5.82 Å². The molecule has 1 N–H and O–H groups in total. The van der Waals surface area contributed by atoms with E-state index in [0.717, 1.165) is 20.9 Å². The van der Waals surface area contributed by atoms with Gasteiger partial charge in [-0.05, 0) is 39.5 Å². The third-order valence-electron chi connectivity index (χ3n) is 2.48. The van der Waals surface area contributed by atoms with E-state index in [-0.39, 0.29) is 0 Å². The van der Waals surface area contributed by atoms with Crippen LogP contribution in [0.25, 0.3) is 10.8 Å². The number of pyridine rings is 1. The molecule has 0 spiro atoms. The van der Waals surface area contributed by atoms with Crippen molar-refractivity contribution in [1.29, 1.82) is 0 Å². The van der Waals surface area contributed by atoms with Gasteiger partial charge in [-0.2, -0.15) is 0 Å². The molecule has 0 saturated heterocycles. The van der Waals surface area contributed by atoms with E-state index >= 15 is 0 Å². The van der Waals surface area contributed by atoms with Gasteiger partial charge in [0, 0.05) is 6.20 Å². The van der Waals surface area contributed by atoms with Gasteiger partial charge in [-0.15, -0.1) is 11.3 Å². The predicted octanol–water partition coefficient (Wildman–Crippen LogP) is 4.17. The Morgan fingerprint density at radius 3 is 3.05 bits per heavy atom. The zero-order valence-electron chi connectivity index (χ0n) is 9.84. The number of thiophene rings is 1. The van der Waals surface area contributed by atoms with Crippen LogP contribution in [-0.4, -0.2) is 9.97 Å². The van der Waals surface area contributed by atoms with Gasteiger partial charge in [-0.1, -0.05) is 6.07 Å². The Bertz CT molecular complexity index is 666. The molecule has 96 valence electrons. The van der Waals surface area contributed by atoms with E-state index in [2.05, 4.69) is 31.2 Å². The summed E-state index contributed by atoms with van der Waals surface area (Å²) in [4.78, 5) is 9.70. The predicted molar refractivity (Wildman–Crippen MR) is 79.1 cm³/mol. The lowest BCUT2D eigenvalue weighted by atomic mass is 10.4. The first-order chi connectivity index (χ1) is 9.33. The maximum Gasteiger partial charge on any atom is 0.236 e. The Labute approximate surface area is 122 Å². The van der Waals surface area contributed by atoms with Crippen molar-refractivity contribution >= 4 is 33.1 Å². The molecule has 0 amide bonds. The second kappa shape index (κ2) is 5.54. The summed E-state index contributed by atoms with van der Waals surface area (Å²) < 4.78 is 6.38. The SMILES string of the molecule is Brc1cccnc1NCc1coc(-c2cccs2)n1. The number of nitrogens with zero attached hydrogens (tertiary/aromatic N) is 2. The molecule has 0 aromatic carbocycles. The maximum atomic E-state index is 5.45. The largest absolute Gasteiger partial charge is 0.443 e. The van der Waals surface area contributed by atoms with E-state index in [1.165, 1.54) is 0 Å². The van der Waals surface area contributed by atoms with E-state index in [1.807, 2.05) is 29.6 Å². The zero-order chi connectivity index (χ0) is 13.1. The molecule has 0 aliphatic heterocycles. The summed E-state index contributed by atoms with van der Waals surface area (Å²) in [6.45, 7) is 0.574. The van der Waals surface area contributed by atoms with E-state index in [9.17, 15) is 0 Å². The Balaban J connectivity index is 1.70. The number of halogens is 1. The number of oxazole rings is 1. The van der Waals surface area contributed by atoms with Crippen LogP contribution in [0.15, 0.2) is 51.0 Å². The lowest BCUT2D eigenvalue weighted by Crippen LogP contribution is -2.02. The van der Waals surface area contributed by atoms with Gasteiger partial charge in [-0.3, -0.25) is 0 Å². The average molecular weight is 336 g/mol. The van der Waals surface area contributed by atoms with Crippen molar-refractivity contribution in [2.24, 2.45) is 0 Å². The van der Waals surface area contributed by atoms with Gasteiger partial charge in [0.2, 0.25) is 5.89 Å². The van der Waals surface area contributed by atoms with E-state index < -0.39 is 0 Å². The zero-order valence-corrected chi connectivity index (χ0v) is 12.2. The standard InChI is InChI=1S/C13H10BrN3OS/c14-10-3-1-5-15-12(10)16-7-9-8-18-13(17-9)11-4-2-6-19-11/h1-6,8H,7H2,(H,15,16). The lowest BCUT2D eigenvalue weighted by Gasteiger charge is -2.04. The molecular weight excluding hydrogens is 326 g/mol. The monoisotopic (exact) mass is 335 g/mol. The minimum absolute atomic E-state index is 0.574. The van der Waals surface area contributed by atoms with Gasteiger partial charge in [-0.25, -0.2) is 9.97 Å². The van der Waals surface area contributed by atoms with E-state index in [0.29, 0.717) is 12.4 Å². The summed E-state index contributed by atoms with van der Waals surface area (Å²) in [5.41, 5.74) is 0.848. The van der Waals surface area contributed by atoms with Gasteiger partial charge in [0.05, 0.1) is 21.6 Å². The van der Waals surface area contributed by atoms with Gasteiger partial charge >= 0.3 is 0 Å². The van der Waals surface area contributed by atoms with Crippen molar-refractivity contribution in [3.05, 3.63) is 52.3 Å². The molecule has 4 nitrogen and oxygen atoms in total. The van der Waals surface area contributed by atoms with Crippen LogP contribution in [0.1, 0.15) is 5.69 Å². The first kappa shape index (κ1) is 12.4. The number of aromatic nitrogens is 2. The van der Waals surface area contributed by atoms with Crippen molar-refractivity contribution in [2.75, 3.05) is 5.32 Å². The van der Waals surface area contributed by atoms with E-state index in [4.69, 9.17) is 4.42 Å². The summed E-state index contributed by atoms with van der Waals surface area (Å²) in [7, 11) is 0. The molecule has 19 heavy (non-hydrogen) atoms. The van der Waals surface area contributed by atoms with Crippen LogP contribution in [0.2, 0.25) is 0 Å². The molecule has 0 unspecified atom stereocenters. The van der Waals surface area contributed by atoms with Gasteiger partial charge in [0.1, 0.15) is 12.1 Å². The maximum absolute atomic E-state index is 5.45. The Morgan fingerprint density at radius 1 is 1.32 bits per heavy atom. The summed E-state index contributed by atoms with van der Waals surface area (Å²) in [5, 5.41) is 5.21. The number of nitrogens with one attached hydrogen (secondary N) is 1. The molecule has 0 bridgehead atoms. The molecule has 0 radical (unpaired) electrons. The molecule has 0 aliphatic carbocycles. The molecule has 0 saturated carbocycles. The van der Waals surface area contributed by atoms with Crippen LogP contribution >= 0.6 is 27.3 Å². The number of rotatable bonds is 4. The lowest BCUT2D eigenvalue weighted by molar-refractivity contribution is 0.574. The second-order valence-corrected chi connectivity index (χ2v) is 5.61. The van der Waals surface area contributed by atoms with Crippen molar-refractivity contribution in [2.45, 2.75) is 6.54 Å². The normalized spacial score (nSPS) is 10.6. The highest BCUT2D eigenvalue weighted by molar-refractivity contribution is 9.10. The highest BCUT2D eigenvalue weighted by Crippen LogP contribution is 2.24. The molecular formula is C13H10BrN3OS. The molecule has 0 fully saturated rings. The summed E-state index contributed by atoms with van der Waals surface area (Å²) in [6.07, 6.45) is 3.41. The Kier molecular flexibility index (Phi) is 3.61. The third-order valence-corrected chi connectivity index (χ3v) is 3.98. The van der Waals surface area contributed by atoms with E-state index in [1.54, 1.807) is 23.8 Å². The van der Waals surface area contributed by atoms with Gasteiger partial charge < -0.3 is 9.73 Å². The number of hydrogen-bond acceptors (Lipinski definition) is 5. The molecule has 3 heterocycles. The summed E-state index contributed by atoms with van der Waals surface area (Å²) in [5.74, 6) is 1.45. The average Bonchev–Trinajstić information content (AvgIpc) is 3.09. The van der Waals surface area contributed by atoms with Crippen molar-refractivity contribution in [3.63, 3.8) is 0 Å². The first-order valence-corrected chi connectivity index (χ1v) is 7.33. The van der Waals surface area contributed by atoms with Gasteiger partial charge in [0.15, 0.2) is 0 Å². The van der Waals surface area contributed by atoms with Crippen LogP contribution in [0, 0.1) is 0 Å². The van der Waals surface area contributed by atoms with Crippen LogP contribution in [-0.2, 0) is 6.54 Å². The van der Waals surface area contributed by atoms with Crippen molar-refractivity contribution < 1.29 is 4.42 Å².